The topological polar surface area (TPSA) is 46.6 Å². The normalized spacial score (nSPS) is 17.5. The van der Waals surface area contributed by atoms with E-state index in [1.54, 1.807) is 0 Å². The summed E-state index contributed by atoms with van der Waals surface area (Å²) in [4.78, 5) is 25.5. The first-order chi connectivity index (χ1) is 10.2. The number of benzene rings is 1. The molecule has 0 bridgehead atoms. The Morgan fingerprint density at radius 1 is 1.24 bits per heavy atom. The molecule has 1 saturated heterocycles. The van der Waals surface area contributed by atoms with Crippen LogP contribution in [0.25, 0.3) is 0 Å². The van der Waals surface area contributed by atoms with E-state index in [-0.39, 0.29) is 12.0 Å². The van der Waals surface area contributed by atoms with Crippen LogP contribution in [0.5, 0.6) is 0 Å². The first kappa shape index (κ1) is 15.7. The number of carbonyl (C=O) groups excluding carboxylic acids is 2. The van der Waals surface area contributed by atoms with E-state index in [0.717, 1.165) is 25.1 Å². The van der Waals surface area contributed by atoms with Gasteiger partial charge in [0.05, 0.1) is 6.42 Å². The SMILES string of the molecule is CCC(CC(=O)OCc1ccccc1)N1CCC(=O)CC1. The molecule has 1 aromatic carbocycles. The summed E-state index contributed by atoms with van der Waals surface area (Å²) in [5, 5.41) is 0. The van der Waals surface area contributed by atoms with E-state index >= 15 is 0 Å². The van der Waals surface area contributed by atoms with E-state index in [4.69, 9.17) is 4.74 Å². The van der Waals surface area contributed by atoms with E-state index in [9.17, 15) is 9.59 Å². The van der Waals surface area contributed by atoms with Crippen LogP contribution in [0.2, 0.25) is 0 Å². The second-order valence-electron chi connectivity index (χ2n) is 5.49. The lowest BCUT2D eigenvalue weighted by atomic mass is 10.0. The van der Waals surface area contributed by atoms with Crippen molar-refractivity contribution in [2.24, 2.45) is 0 Å². The lowest BCUT2D eigenvalue weighted by molar-refractivity contribution is -0.146. The lowest BCUT2D eigenvalue weighted by Gasteiger charge is -2.32. The van der Waals surface area contributed by atoms with Gasteiger partial charge in [0.2, 0.25) is 0 Å². The minimum Gasteiger partial charge on any atom is -0.461 e. The number of piperidine rings is 1. The number of ketones is 1. The first-order valence-corrected chi connectivity index (χ1v) is 7.64. The molecule has 1 aliphatic heterocycles. The summed E-state index contributed by atoms with van der Waals surface area (Å²) >= 11 is 0. The van der Waals surface area contributed by atoms with E-state index in [2.05, 4.69) is 11.8 Å². The van der Waals surface area contributed by atoms with Gasteiger partial charge in [0, 0.05) is 32.0 Å². The van der Waals surface area contributed by atoms with E-state index in [1.165, 1.54) is 0 Å². The molecule has 1 aromatic rings. The minimum atomic E-state index is -0.164. The smallest absolute Gasteiger partial charge is 0.307 e. The molecule has 0 aliphatic carbocycles. The molecule has 0 radical (unpaired) electrons. The summed E-state index contributed by atoms with van der Waals surface area (Å²) < 4.78 is 5.34. The van der Waals surface area contributed by atoms with E-state index in [0.29, 0.717) is 31.7 Å². The third-order valence-electron chi connectivity index (χ3n) is 3.99. The Morgan fingerprint density at radius 2 is 1.90 bits per heavy atom. The molecule has 1 aliphatic rings. The first-order valence-electron chi connectivity index (χ1n) is 7.64. The summed E-state index contributed by atoms with van der Waals surface area (Å²) in [5.41, 5.74) is 1.00. The van der Waals surface area contributed by atoms with Crippen LogP contribution < -0.4 is 0 Å². The molecule has 0 aromatic heterocycles. The zero-order valence-corrected chi connectivity index (χ0v) is 12.6. The molecule has 0 amide bonds. The molecule has 4 nitrogen and oxygen atoms in total. The number of rotatable bonds is 6. The highest BCUT2D eigenvalue weighted by Gasteiger charge is 2.24. The van der Waals surface area contributed by atoms with Crippen LogP contribution in [0.15, 0.2) is 30.3 Å². The van der Waals surface area contributed by atoms with Crippen LogP contribution in [0.1, 0.15) is 38.2 Å². The number of likely N-dealkylation sites (tertiary alicyclic amines) is 1. The standard InChI is InChI=1S/C17H23NO3/c1-2-15(18-10-8-16(19)9-11-18)12-17(20)21-13-14-6-4-3-5-7-14/h3-7,15H,2,8-13H2,1H3. The van der Waals surface area contributed by atoms with Gasteiger partial charge < -0.3 is 4.74 Å². The number of nitrogens with zero attached hydrogens (tertiary/aromatic N) is 1. The van der Waals surface area contributed by atoms with Gasteiger partial charge in [-0.2, -0.15) is 0 Å². The Balaban J connectivity index is 1.78. The summed E-state index contributed by atoms with van der Waals surface area (Å²) in [6.07, 6.45) is 2.51. The number of ether oxygens (including phenoxy) is 1. The van der Waals surface area contributed by atoms with Gasteiger partial charge in [-0.3, -0.25) is 14.5 Å². The maximum Gasteiger partial charge on any atom is 0.307 e. The van der Waals surface area contributed by atoms with Crippen molar-refractivity contribution in [3.05, 3.63) is 35.9 Å². The molecule has 114 valence electrons. The number of carbonyl (C=O) groups is 2. The fourth-order valence-electron chi connectivity index (χ4n) is 2.66. The number of hydrogen-bond donors (Lipinski definition) is 0. The van der Waals surface area contributed by atoms with Crippen molar-refractivity contribution in [2.75, 3.05) is 13.1 Å². The predicted molar refractivity (Wildman–Crippen MR) is 80.7 cm³/mol. The van der Waals surface area contributed by atoms with Gasteiger partial charge >= 0.3 is 5.97 Å². The summed E-state index contributed by atoms with van der Waals surface area (Å²) in [6.45, 7) is 3.94. The molecule has 1 heterocycles. The van der Waals surface area contributed by atoms with Gasteiger partial charge in [-0.05, 0) is 12.0 Å². The van der Waals surface area contributed by atoms with Gasteiger partial charge in [0.25, 0.3) is 0 Å². The van der Waals surface area contributed by atoms with Crippen molar-refractivity contribution in [2.45, 2.75) is 45.3 Å². The van der Waals surface area contributed by atoms with Crippen molar-refractivity contribution >= 4 is 11.8 Å². The lowest BCUT2D eigenvalue weighted by Crippen LogP contribution is -2.42. The van der Waals surface area contributed by atoms with Crippen LogP contribution in [0, 0.1) is 0 Å². The Hall–Kier alpha value is -1.68. The highest BCUT2D eigenvalue weighted by molar-refractivity contribution is 5.79. The monoisotopic (exact) mass is 289 g/mol. The van der Waals surface area contributed by atoms with Gasteiger partial charge in [0.15, 0.2) is 0 Å². The molecule has 1 unspecified atom stereocenters. The number of esters is 1. The predicted octanol–water partition coefficient (Wildman–Crippen LogP) is 2.56. The molecular weight excluding hydrogens is 266 g/mol. The Labute approximate surface area is 126 Å². The quantitative estimate of drug-likeness (QED) is 0.755. The second kappa shape index (κ2) is 7.93. The fraction of sp³-hybridized carbons (Fsp3) is 0.529. The second-order valence-corrected chi connectivity index (χ2v) is 5.49. The third-order valence-corrected chi connectivity index (χ3v) is 3.99. The molecule has 0 saturated carbocycles. The average Bonchev–Trinajstić information content (AvgIpc) is 2.52. The molecule has 1 fully saturated rings. The van der Waals surface area contributed by atoms with E-state index < -0.39 is 0 Å². The fourth-order valence-corrected chi connectivity index (χ4v) is 2.66. The average molecular weight is 289 g/mol. The van der Waals surface area contributed by atoms with Gasteiger partial charge in [-0.25, -0.2) is 0 Å². The largest absolute Gasteiger partial charge is 0.461 e. The molecular formula is C17H23NO3. The van der Waals surface area contributed by atoms with Gasteiger partial charge in [-0.15, -0.1) is 0 Å². The molecule has 0 spiro atoms. The van der Waals surface area contributed by atoms with Crippen molar-refractivity contribution in [1.82, 2.24) is 4.90 Å². The summed E-state index contributed by atoms with van der Waals surface area (Å²) in [7, 11) is 0. The van der Waals surface area contributed by atoms with Crippen molar-refractivity contribution in [3.8, 4) is 0 Å². The van der Waals surface area contributed by atoms with Crippen molar-refractivity contribution in [3.63, 3.8) is 0 Å². The zero-order valence-electron chi connectivity index (χ0n) is 12.6. The molecule has 21 heavy (non-hydrogen) atoms. The maximum absolute atomic E-state index is 12.0. The van der Waals surface area contributed by atoms with Crippen LogP contribution >= 0.6 is 0 Å². The summed E-state index contributed by atoms with van der Waals surface area (Å²) in [5.74, 6) is 0.162. The Morgan fingerprint density at radius 3 is 2.52 bits per heavy atom. The van der Waals surface area contributed by atoms with Crippen LogP contribution in [-0.2, 0) is 20.9 Å². The maximum atomic E-state index is 12.0. The summed E-state index contributed by atoms with van der Waals surface area (Å²) in [6, 6.07) is 9.88. The van der Waals surface area contributed by atoms with Crippen molar-refractivity contribution < 1.29 is 14.3 Å². The zero-order chi connectivity index (χ0) is 15.1. The minimum absolute atomic E-state index is 0.164. The Bertz CT molecular complexity index is 462. The molecule has 1 atom stereocenters. The molecule has 4 heteroatoms. The number of hydrogen-bond acceptors (Lipinski definition) is 4. The number of Topliss-reactive ketones (excluding diaryl/α,β-unsaturated/α-hetero) is 1. The van der Waals surface area contributed by atoms with E-state index in [1.807, 2.05) is 30.3 Å². The van der Waals surface area contributed by atoms with Gasteiger partial charge in [-0.1, -0.05) is 37.3 Å². The van der Waals surface area contributed by atoms with Crippen LogP contribution in [0.4, 0.5) is 0 Å². The third kappa shape index (κ3) is 4.97. The van der Waals surface area contributed by atoms with Crippen molar-refractivity contribution in [1.29, 1.82) is 0 Å². The molecule has 0 N–H and O–H groups in total. The van der Waals surface area contributed by atoms with Crippen LogP contribution in [-0.4, -0.2) is 35.8 Å². The highest BCUT2D eigenvalue weighted by Crippen LogP contribution is 2.16. The van der Waals surface area contributed by atoms with Gasteiger partial charge in [0.1, 0.15) is 12.4 Å². The molecule has 2 rings (SSSR count). The highest BCUT2D eigenvalue weighted by atomic mass is 16.5. The van der Waals surface area contributed by atoms with Crippen LogP contribution in [0.3, 0.4) is 0 Å². The Kier molecular flexibility index (Phi) is 5.93.